The molecule has 0 unspecified atom stereocenters. The lowest BCUT2D eigenvalue weighted by molar-refractivity contribution is 0.282. The van der Waals surface area contributed by atoms with Crippen molar-refractivity contribution in [2.24, 2.45) is 0 Å². The molecule has 0 atom stereocenters. The molecule has 0 fully saturated rings. The van der Waals surface area contributed by atoms with E-state index in [1.807, 2.05) is 6.07 Å². The van der Waals surface area contributed by atoms with Crippen molar-refractivity contribution in [3.8, 4) is 6.07 Å². The molecule has 1 aromatic carbocycles. The zero-order valence-corrected chi connectivity index (χ0v) is 6.78. The van der Waals surface area contributed by atoms with E-state index < -0.39 is 0 Å². The molecule has 13 heavy (non-hydrogen) atoms. The Morgan fingerprint density at radius 1 is 1.54 bits per heavy atom. The maximum atomic E-state index is 8.86. The van der Waals surface area contributed by atoms with Crippen LogP contribution < -0.4 is 0 Å². The maximum absolute atomic E-state index is 8.86. The van der Waals surface area contributed by atoms with Crippen LogP contribution in [0.3, 0.4) is 0 Å². The molecular formula is C9H7N3O. The molecule has 0 amide bonds. The van der Waals surface area contributed by atoms with E-state index >= 15 is 0 Å². The molecule has 2 N–H and O–H groups in total. The first-order chi connectivity index (χ1) is 6.33. The van der Waals surface area contributed by atoms with Crippen LogP contribution in [0.25, 0.3) is 11.0 Å². The maximum Gasteiger partial charge on any atom is 0.211 e. The third-order valence-corrected chi connectivity index (χ3v) is 1.83. The average molecular weight is 173 g/mol. The fourth-order valence-electron chi connectivity index (χ4n) is 1.21. The molecule has 0 saturated carbocycles. The molecule has 64 valence electrons. The summed E-state index contributed by atoms with van der Waals surface area (Å²) >= 11 is 0. The van der Waals surface area contributed by atoms with Crippen molar-refractivity contribution in [2.45, 2.75) is 6.61 Å². The largest absolute Gasteiger partial charge is 0.392 e. The van der Waals surface area contributed by atoms with Gasteiger partial charge in [0, 0.05) is 0 Å². The van der Waals surface area contributed by atoms with E-state index in [1.54, 1.807) is 18.2 Å². The Morgan fingerprint density at radius 2 is 2.38 bits per heavy atom. The highest BCUT2D eigenvalue weighted by Crippen LogP contribution is 2.13. The summed E-state index contributed by atoms with van der Waals surface area (Å²) in [4.78, 5) is 6.84. The monoisotopic (exact) mass is 173 g/mol. The predicted octanol–water partition coefficient (Wildman–Crippen LogP) is 0.927. The molecule has 0 radical (unpaired) electrons. The second kappa shape index (κ2) is 2.88. The molecule has 0 aliphatic carbocycles. The highest BCUT2D eigenvalue weighted by Gasteiger charge is 2.01. The van der Waals surface area contributed by atoms with E-state index in [4.69, 9.17) is 10.4 Å². The lowest BCUT2D eigenvalue weighted by Crippen LogP contribution is -1.81. The second-order valence-corrected chi connectivity index (χ2v) is 2.71. The summed E-state index contributed by atoms with van der Waals surface area (Å²) < 4.78 is 0. The number of H-pyrrole nitrogens is 1. The van der Waals surface area contributed by atoms with E-state index in [2.05, 4.69) is 9.97 Å². The van der Waals surface area contributed by atoms with Crippen LogP contribution in [0.2, 0.25) is 0 Å². The Balaban J connectivity index is 2.65. The van der Waals surface area contributed by atoms with Crippen molar-refractivity contribution in [3.05, 3.63) is 29.6 Å². The molecule has 0 saturated heterocycles. The molecule has 0 aliphatic rings. The molecule has 1 aromatic heterocycles. The van der Waals surface area contributed by atoms with Crippen molar-refractivity contribution in [2.75, 3.05) is 0 Å². The summed E-state index contributed by atoms with van der Waals surface area (Å²) in [7, 11) is 0. The molecule has 0 spiro atoms. The van der Waals surface area contributed by atoms with E-state index in [9.17, 15) is 0 Å². The second-order valence-electron chi connectivity index (χ2n) is 2.71. The Bertz CT molecular complexity index is 481. The number of imidazole rings is 1. The lowest BCUT2D eigenvalue weighted by atomic mass is 10.2. The third kappa shape index (κ3) is 1.25. The summed E-state index contributed by atoms with van der Waals surface area (Å²) in [6.45, 7) is -0.00313. The molecule has 2 aromatic rings. The van der Waals surface area contributed by atoms with Gasteiger partial charge in [0.25, 0.3) is 0 Å². The first-order valence-corrected chi connectivity index (χ1v) is 3.83. The van der Waals surface area contributed by atoms with Crippen LogP contribution in [0.5, 0.6) is 0 Å². The number of nitrogens with zero attached hydrogens (tertiary/aromatic N) is 2. The van der Waals surface area contributed by atoms with Gasteiger partial charge in [-0.15, -0.1) is 0 Å². The van der Waals surface area contributed by atoms with Crippen molar-refractivity contribution in [1.82, 2.24) is 9.97 Å². The topological polar surface area (TPSA) is 72.7 Å². The predicted molar refractivity (Wildman–Crippen MR) is 46.7 cm³/mol. The standard InChI is InChI=1S/C9H7N3O/c10-4-9-11-7-2-1-6(5-13)3-8(7)12-9/h1-3,13H,5H2,(H,11,12). The summed E-state index contributed by atoms with van der Waals surface area (Å²) in [6.07, 6.45) is 0. The van der Waals surface area contributed by atoms with Gasteiger partial charge < -0.3 is 10.1 Å². The highest BCUT2D eigenvalue weighted by molar-refractivity contribution is 5.76. The molecule has 1 heterocycles. The Labute approximate surface area is 74.5 Å². The van der Waals surface area contributed by atoms with Crippen molar-refractivity contribution in [3.63, 3.8) is 0 Å². The number of nitriles is 1. The zero-order chi connectivity index (χ0) is 9.26. The average Bonchev–Trinajstić information content (AvgIpc) is 2.58. The quantitative estimate of drug-likeness (QED) is 0.673. The minimum absolute atomic E-state index is 0.00313. The fourth-order valence-corrected chi connectivity index (χ4v) is 1.21. The third-order valence-electron chi connectivity index (χ3n) is 1.83. The number of nitrogens with one attached hydrogen (secondary N) is 1. The Kier molecular flexibility index (Phi) is 1.72. The van der Waals surface area contributed by atoms with Gasteiger partial charge in [0.15, 0.2) is 0 Å². The van der Waals surface area contributed by atoms with Crippen molar-refractivity contribution >= 4 is 11.0 Å². The van der Waals surface area contributed by atoms with Crippen molar-refractivity contribution < 1.29 is 5.11 Å². The van der Waals surface area contributed by atoms with Gasteiger partial charge in [0.2, 0.25) is 5.82 Å². The van der Waals surface area contributed by atoms with Crippen LogP contribution in [-0.4, -0.2) is 15.1 Å². The van der Waals surface area contributed by atoms with Crippen LogP contribution >= 0.6 is 0 Å². The Morgan fingerprint density at radius 3 is 3.08 bits per heavy atom. The molecule has 0 bridgehead atoms. The SMILES string of the molecule is N#Cc1nc2ccc(CO)cc2[nH]1. The van der Waals surface area contributed by atoms with Crippen molar-refractivity contribution in [1.29, 1.82) is 5.26 Å². The fraction of sp³-hybridized carbons (Fsp3) is 0.111. The number of aromatic nitrogens is 2. The number of aliphatic hydroxyl groups excluding tert-OH is 1. The number of hydrogen-bond donors (Lipinski definition) is 2. The number of rotatable bonds is 1. The highest BCUT2D eigenvalue weighted by atomic mass is 16.3. The minimum atomic E-state index is -0.00313. The van der Waals surface area contributed by atoms with Gasteiger partial charge in [-0.25, -0.2) is 4.98 Å². The zero-order valence-electron chi connectivity index (χ0n) is 6.78. The number of hydrogen-bond acceptors (Lipinski definition) is 3. The van der Waals surface area contributed by atoms with E-state index in [0.717, 1.165) is 16.6 Å². The van der Waals surface area contributed by atoms with Crippen LogP contribution in [-0.2, 0) is 6.61 Å². The van der Waals surface area contributed by atoms with Gasteiger partial charge in [-0.1, -0.05) is 6.07 Å². The van der Waals surface area contributed by atoms with E-state index in [-0.39, 0.29) is 6.61 Å². The molecule has 4 heteroatoms. The minimum Gasteiger partial charge on any atom is -0.392 e. The summed E-state index contributed by atoms with van der Waals surface area (Å²) in [5.41, 5.74) is 2.33. The van der Waals surface area contributed by atoms with Crippen LogP contribution in [0.4, 0.5) is 0 Å². The van der Waals surface area contributed by atoms with Gasteiger partial charge in [0.1, 0.15) is 6.07 Å². The molecule has 0 aliphatic heterocycles. The first-order valence-electron chi connectivity index (χ1n) is 3.83. The van der Waals surface area contributed by atoms with Gasteiger partial charge in [-0.3, -0.25) is 0 Å². The van der Waals surface area contributed by atoms with Crippen LogP contribution in [0.1, 0.15) is 11.4 Å². The number of aromatic amines is 1. The number of benzene rings is 1. The summed E-state index contributed by atoms with van der Waals surface area (Å²) in [6, 6.07) is 7.26. The summed E-state index contributed by atoms with van der Waals surface area (Å²) in [5.74, 6) is 0.296. The van der Waals surface area contributed by atoms with Gasteiger partial charge >= 0.3 is 0 Å². The van der Waals surface area contributed by atoms with Crippen LogP contribution in [0, 0.1) is 11.3 Å². The Hall–Kier alpha value is -1.86. The smallest absolute Gasteiger partial charge is 0.211 e. The van der Waals surface area contributed by atoms with Gasteiger partial charge in [0.05, 0.1) is 17.6 Å². The number of fused-ring (bicyclic) bond motifs is 1. The van der Waals surface area contributed by atoms with Gasteiger partial charge in [-0.2, -0.15) is 5.26 Å². The summed E-state index contributed by atoms with van der Waals surface area (Å²) in [5, 5.41) is 17.4. The van der Waals surface area contributed by atoms with E-state index in [1.165, 1.54) is 0 Å². The lowest BCUT2D eigenvalue weighted by Gasteiger charge is -1.93. The van der Waals surface area contributed by atoms with E-state index in [0.29, 0.717) is 5.82 Å². The van der Waals surface area contributed by atoms with Gasteiger partial charge in [-0.05, 0) is 17.7 Å². The number of aliphatic hydroxyl groups is 1. The first kappa shape index (κ1) is 7.77. The molecule has 2 rings (SSSR count). The molecule has 4 nitrogen and oxygen atoms in total. The normalized spacial score (nSPS) is 10.2. The van der Waals surface area contributed by atoms with Crippen LogP contribution in [0.15, 0.2) is 18.2 Å². The molecular weight excluding hydrogens is 166 g/mol.